The minimum absolute atomic E-state index is 0.00576. The van der Waals surface area contributed by atoms with Crippen molar-refractivity contribution < 1.29 is 8.42 Å². The van der Waals surface area contributed by atoms with Crippen molar-refractivity contribution >= 4 is 44.6 Å². The number of aryl methyl sites for hydroxylation is 1. The molecule has 0 radical (unpaired) electrons. The Kier molecular flexibility index (Phi) is 4.13. The summed E-state index contributed by atoms with van der Waals surface area (Å²) >= 11 is 11.6. The van der Waals surface area contributed by atoms with Gasteiger partial charge in [0.2, 0.25) is 0 Å². The number of hydrogen-bond donors (Lipinski definition) is 2. The maximum Gasteiger partial charge on any atom is 0.262 e. The van der Waals surface area contributed by atoms with Gasteiger partial charge < -0.3 is 5.73 Å². The van der Waals surface area contributed by atoms with Crippen LogP contribution in [0, 0.1) is 6.92 Å². The van der Waals surface area contributed by atoms with Crippen LogP contribution in [0.1, 0.15) is 5.56 Å². The largest absolute Gasteiger partial charge is 0.399 e. The second kappa shape index (κ2) is 5.52. The molecule has 0 spiro atoms. The van der Waals surface area contributed by atoms with Crippen LogP contribution in [0.2, 0.25) is 10.0 Å². The van der Waals surface area contributed by atoms with Crippen LogP contribution in [-0.4, -0.2) is 8.42 Å². The molecule has 3 N–H and O–H groups in total. The van der Waals surface area contributed by atoms with E-state index in [4.69, 9.17) is 28.9 Å². The fourth-order valence-corrected chi connectivity index (χ4v) is 3.54. The number of anilines is 2. The molecule has 0 bridgehead atoms. The molecule has 0 unspecified atom stereocenters. The second-order valence-electron chi connectivity index (χ2n) is 4.29. The highest BCUT2D eigenvalue weighted by Gasteiger charge is 2.16. The first-order chi connectivity index (χ1) is 9.28. The molecule has 0 amide bonds. The van der Waals surface area contributed by atoms with Gasteiger partial charge >= 0.3 is 0 Å². The number of halogens is 2. The average Bonchev–Trinajstić information content (AvgIpc) is 2.31. The van der Waals surface area contributed by atoms with Gasteiger partial charge in [-0.05, 0) is 48.9 Å². The van der Waals surface area contributed by atoms with Gasteiger partial charge in [-0.3, -0.25) is 4.72 Å². The third-order valence-electron chi connectivity index (χ3n) is 2.64. The molecule has 4 nitrogen and oxygen atoms in total. The molecule has 20 heavy (non-hydrogen) atoms. The smallest absolute Gasteiger partial charge is 0.262 e. The van der Waals surface area contributed by atoms with Gasteiger partial charge in [0.15, 0.2) is 0 Å². The summed E-state index contributed by atoms with van der Waals surface area (Å²) in [5, 5.41) is 0.513. The summed E-state index contributed by atoms with van der Waals surface area (Å²) in [6.45, 7) is 1.76. The predicted molar refractivity (Wildman–Crippen MR) is 82.9 cm³/mol. The molecule has 0 fully saturated rings. The van der Waals surface area contributed by atoms with Crippen molar-refractivity contribution in [3.05, 3.63) is 52.0 Å². The van der Waals surface area contributed by atoms with E-state index < -0.39 is 10.0 Å². The Labute approximate surface area is 127 Å². The zero-order valence-electron chi connectivity index (χ0n) is 10.5. The monoisotopic (exact) mass is 330 g/mol. The summed E-state index contributed by atoms with van der Waals surface area (Å²) in [6.07, 6.45) is 0. The van der Waals surface area contributed by atoms with E-state index in [1.165, 1.54) is 18.2 Å². The van der Waals surface area contributed by atoms with Crippen molar-refractivity contribution in [3.8, 4) is 0 Å². The van der Waals surface area contributed by atoms with Crippen molar-refractivity contribution in [1.82, 2.24) is 0 Å². The lowest BCUT2D eigenvalue weighted by Crippen LogP contribution is -2.14. The number of nitrogens with one attached hydrogen (secondary N) is 1. The van der Waals surface area contributed by atoms with E-state index >= 15 is 0 Å². The molecule has 0 aromatic heterocycles. The van der Waals surface area contributed by atoms with Crippen molar-refractivity contribution in [3.63, 3.8) is 0 Å². The van der Waals surface area contributed by atoms with Gasteiger partial charge in [0, 0.05) is 15.7 Å². The number of rotatable bonds is 3. The fraction of sp³-hybridized carbons (Fsp3) is 0.0769. The molecule has 0 aliphatic heterocycles. The lowest BCUT2D eigenvalue weighted by Gasteiger charge is -2.11. The third-order valence-corrected chi connectivity index (χ3v) is 4.42. The Hall–Kier alpha value is -1.43. The van der Waals surface area contributed by atoms with Crippen LogP contribution in [0.15, 0.2) is 41.3 Å². The minimum Gasteiger partial charge on any atom is -0.399 e. The zero-order chi connectivity index (χ0) is 14.9. The molecule has 0 atom stereocenters. The first-order valence-corrected chi connectivity index (χ1v) is 7.87. The molecular weight excluding hydrogens is 319 g/mol. The summed E-state index contributed by atoms with van der Waals surface area (Å²) < 4.78 is 27.1. The maximum absolute atomic E-state index is 12.3. The van der Waals surface area contributed by atoms with Gasteiger partial charge in [-0.1, -0.05) is 23.2 Å². The Bertz CT molecular complexity index is 741. The zero-order valence-corrected chi connectivity index (χ0v) is 12.9. The van der Waals surface area contributed by atoms with Crippen molar-refractivity contribution in [2.75, 3.05) is 10.5 Å². The molecular formula is C13H12Cl2N2O2S. The minimum atomic E-state index is -3.75. The van der Waals surface area contributed by atoms with Gasteiger partial charge in [-0.15, -0.1) is 0 Å². The molecule has 0 saturated heterocycles. The van der Waals surface area contributed by atoms with Gasteiger partial charge in [0.1, 0.15) is 0 Å². The van der Waals surface area contributed by atoms with Crippen LogP contribution in [0.4, 0.5) is 11.4 Å². The van der Waals surface area contributed by atoms with Crippen molar-refractivity contribution in [1.29, 1.82) is 0 Å². The van der Waals surface area contributed by atoms with Crippen LogP contribution in [0.25, 0.3) is 0 Å². The lowest BCUT2D eigenvalue weighted by atomic mass is 10.2. The van der Waals surface area contributed by atoms with E-state index in [-0.39, 0.29) is 14.9 Å². The van der Waals surface area contributed by atoms with Crippen molar-refractivity contribution in [2.24, 2.45) is 0 Å². The second-order valence-corrected chi connectivity index (χ2v) is 6.84. The van der Waals surface area contributed by atoms with E-state index in [0.717, 1.165) is 5.56 Å². The molecule has 2 aromatic carbocycles. The van der Waals surface area contributed by atoms with Gasteiger partial charge in [-0.2, -0.15) is 0 Å². The topological polar surface area (TPSA) is 72.2 Å². The summed E-state index contributed by atoms with van der Waals surface area (Å²) in [5.74, 6) is 0. The fourth-order valence-electron chi connectivity index (χ4n) is 1.69. The molecule has 0 saturated carbocycles. The van der Waals surface area contributed by atoms with Gasteiger partial charge in [0.25, 0.3) is 10.0 Å². The van der Waals surface area contributed by atoms with Gasteiger partial charge in [0.05, 0.1) is 10.6 Å². The Morgan fingerprint density at radius 2 is 1.65 bits per heavy atom. The summed E-state index contributed by atoms with van der Waals surface area (Å²) in [4.78, 5) is 0.00576. The molecule has 0 aliphatic rings. The van der Waals surface area contributed by atoms with Crippen LogP contribution < -0.4 is 10.5 Å². The van der Waals surface area contributed by atoms with Crippen LogP contribution >= 0.6 is 23.2 Å². The number of benzene rings is 2. The third kappa shape index (κ3) is 3.36. The first kappa shape index (κ1) is 15.0. The lowest BCUT2D eigenvalue weighted by molar-refractivity contribution is 0.601. The quantitative estimate of drug-likeness (QED) is 0.843. The molecule has 2 rings (SSSR count). The summed E-state index contributed by atoms with van der Waals surface area (Å²) in [5.41, 5.74) is 7.37. The Morgan fingerprint density at radius 1 is 1.05 bits per heavy atom. The standard InChI is InChI=1S/C13H12Cl2N2O2S/c1-8-4-11(16)2-3-13(8)17-20(18,19)12-6-9(14)5-10(15)7-12/h2-7,17H,16H2,1H3. The van der Waals surface area contributed by atoms with E-state index in [2.05, 4.69) is 4.72 Å². The molecule has 106 valence electrons. The summed E-state index contributed by atoms with van der Waals surface area (Å²) in [7, 11) is -3.75. The SMILES string of the molecule is Cc1cc(N)ccc1NS(=O)(=O)c1cc(Cl)cc(Cl)c1. The van der Waals surface area contributed by atoms with Crippen LogP contribution in [0.3, 0.4) is 0 Å². The highest BCUT2D eigenvalue weighted by molar-refractivity contribution is 7.92. The van der Waals surface area contributed by atoms with Gasteiger partial charge in [-0.25, -0.2) is 8.42 Å². The highest BCUT2D eigenvalue weighted by atomic mass is 35.5. The Balaban J connectivity index is 2.40. The molecule has 2 aromatic rings. The number of nitrogen functional groups attached to an aromatic ring is 1. The summed E-state index contributed by atoms with van der Waals surface area (Å²) in [6, 6.07) is 9.05. The first-order valence-electron chi connectivity index (χ1n) is 5.63. The maximum atomic E-state index is 12.3. The Morgan fingerprint density at radius 3 is 2.20 bits per heavy atom. The van der Waals surface area contributed by atoms with Crippen LogP contribution in [0.5, 0.6) is 0 Å². The van der Waals surface area contributed by atoms with E-state index in [1.807, 2.05) is 0 Å². The molecule has 0 heterocycles. The number of nitrogens with two attached hydrogens (primary N) is 1. The van der Waals surface area contributed by atoms with E-state index in [1.54, 1.807) is 25.1 Å². The number of sulfonamides is 1. The average molecular weight is 331 g/mol. The molecule has 7 heteroatoms. The predicted octanol–water partition coefficient (Wildman–Crippen LogP) is 3.68. The molecule has 0 aliphatic carbocycles. The van der Waals surface area contributed by atoms with E-state index in [9.17, 15) is 8.42 Å². The van der Waals surface area contributed by atoms with Crippen molar-refractivity contribution in [2.45, 2.75) is 11.8 Å². The van der Waals surface area contributed by atoms with E-state index in [0.29, 0.717) is 11.4 Å². The highest BCUT2D eigenvalue weighted by Crippen LogP contribution is 2.25. The number of hydrogen-bond acceptors (Lipinski definition) is 3. The van der Waals surface area contributed by atoms with Crippen LogP contribution in [-0.2, 0) is 10.0 Å². The normalized spacial score (nSPS) is 11.3.